The van der Waals surface area contributed by atoms with Gasteiger partial charge in [-0.3, -0.25) is 0 Å². The number of nitrogens with zero attached hydrogens (tertiary/aromatic N) is 1. The Morgan fingerprint density at radius 1 is 1.40 bits per heavy atom. The van der Waals surface area contributed by atoms with Crippen LogP contribution in [0.25, 0.3) is 0 Å². The zero-order valence-corrected chi connectivity index (χ0v) is 11.4. The lowest BCUT2D eigenvalue weighted by Gasteiger charge is -2.22. The molecule has 0 saturated heterocycles. The maximum absolute atomic E-state index is 13.3. The van der Waals surface area contributed by atoms with Crippen LogP contribution in [0.3, 0.4) is 0 Å². The first-order chi connectivity index (χ1) is 9.65. The van der Waals surface area contributed by atoms with Crippen LogP contribution in [-0.2, 0) is 11.3 Å². The summed E-state index contributed by atoms with van der Waals surface area (Å²) in [5.74, 6) is -0.621. The SMILES string of the molecule is CCN(Cc1ccoc1C(=O)OC)c1cccc(F)c1. The normalized spacial score (nSPS) is 10.3. The van der Waals surface area contributed by atoms with Crippen molar-refractivity contribution in [2.45, 2.75) is 13.5 Å². The van der Waals surface area contributed by atoms with Crippen molar-refractivity contribution in [3.05, 3.63) is 53.7 Å². The van der Waals surface area contributed by atoms with Gasteiger partial charge in [0.25, 0.3) is 0 Å². The summed E-state index contributed by atoms with van der Waals surface area (Å²) in [5, 5.41) is 0. The first-order valence-electron chi connectivity index (χ1n) is 6.31. The Bertz CT molecular complexity index is 594. The zero-order chi connectivity index (χ0) is 14.5. The number of anilines is 1. The highest BCUT2D eigenvalue weighted by atomic mass is 19.1. The third-order valence-electron chi connectivity index (χ3n) is 3.03. The second-order valence-electron chi connectivity index (χ2n) is 4.26. The molecule has 0 N–H and O–H groups in total. The minimum absolute atomic E-state index is 0.183. The standard InChI is InChI=1S/C15H16FNO3/c1-3-17(13-6-4-5-12(16)9-13)10-11-7-8-20-14(11)15(18)19-2/h4-9H,3,10H2,1-2H3. The van der Waals surface area contributed by atoms with Gasteiger partial charge >= 0.3 is 5.97 Å². The van der Waals surface area contributed by atoms with E-state index >= 15 is 0 Å². The topological polar surface area (TPSA) is 42.7 Å². The highest BCUT2D eigenvalue weighted by Gasteiger charge is 2.18. The van der Waals surface area contributed by atoms with E-state index in [2.05, 4.69) is 4.74 Å². The molecule has 0 aliphatic heterocycles. The number of hydrogen-bond acceptors (Lipinski definition) is 4. The van der Waals surface area contributed by atoms with Gasteiger partial charge < -0.3 is 14.1 Å². The minimum Gasteiger partial charge on any atom is -0.463 e. The number of hydrogen-bond donors (Lipinski definition) is 0. The van der Waals surface area contributed by atoms with E-state index in [-0.39, 0.29) is 11.6 Å². The average Bonchev–Trinajstić information content (AvgIpc) is 2.92. The van der Waals surface area contributed by atoms with Crippen LogP contribution in [0, 0.1) is 5.82 Å². The summed E-state index contributed by atoms with van der Waals surface area (Å²) in [6.45, 7) is 3.08. The molecule has 0 amide bonds. The number of furan rings is 1. The Kier molecular flexibility index (Phi) is 4.40. The molecule has 0 unspecified atom stereocenters. The monoisotopic (exact) mass is 277 g/mol. The van der Waals surface area contributed by atoms with E-state index in [0.29, 0.717) is 18.7 Å². The molecule has 1 aromatic heterocycles. The molecule has 2 aromatic rings. The van der Waals surface area contributed by atoms with Crippen molar-refractivity contribution in [3.8, 4) is 0 Å². The smallest absolute Gasteiger partial charge is 0.374 e. The molecule has 5 heteroatoms. The Morgan fingerprint density at radius 2 is 2.20 bits per heavy atom. The largest absolute Gasteiger partial charge is 0.463 e. The molecule has 106 valence electrons. The lowest BCUT2D eigenvalue weighted by molar-refractivity contribution is 0.0563. The van der Waals surface area contributed by atoms with Crippen LogP contribution in [-0.4, -0.2) is 19.6 Å². The maximum atomic E-state index is 13.3. The van der Waals surface area contributed by atoms with Crippen molar-refractivity contribution in [3.63, 3.8) is 0 Å². The van der Waals surface area contributed by atoms with E-state index in [4.69, 9.17) is 4.42 Å². The average molecular weight is 277 g/mol. The van der Waals surface area contributed by atoms with Gasteiger partial charge in [0.1, 0.15) is 5.82 Å². The lowest BCUT2D eigenvalue weighted by Crippen LogP contribution is -2.23. The van der Waals surface area contributed by atoms with Crippen molar-refractivity contribution in [2.75, 3.05) is 18.6 Å². The van der Waals surface area contributed by atoms with Crippen LogP contribution in [0.1, 0.15) is 23.0 Å². The molecule has 0 aliphatic rings. The Labute approximate surface area is 116 Å². The minimum atomic E-state index is -0.514. The quantitative estimate of drug-likeness (QED) is 0.787. The van der Waals surface area contributed by atoms with E-state index in [1.165, 1.54) is 25.5 Å². The molecule has 0 bridgehead atoms. The summed E-state index contributed by atoms with van der Waals surface area (Å²) >= 11 is 0. The van der Waals surface area contributed by atoms with E-state index in [1.54, 1.807) is 12.1 Å². The van der Waals surface area contributed by atoms with Crippen LogP contribution in [0.2, 0.25) is 0 Å². The van der Waals surface area contributed by atoms with Gasteiger partial charge in [0.15, 0.2) is 0 Å². The van der Waals surface area contributed by atoms with Gasteiger partial charge in [-0.1, -0.05) is 6.07 Å². The molecule has 4 nitrogen and oxygen atoms in total. The third-order valence-corrected chi connectivity index (χ3v) is 3.03. The molecule has 0 spiro atoms. The molecule has 1 heterocycles. The molecule has 20 heavy (non-hydrogen) atoms. The van der Waals surface area contributed by atoms with Gasteiger partial charge in [-0.25, -0.2) is 9.18 Å². The number of ether oxygens (including phenoxy) is 1. The highest BCUT2D eigenvalue weighted by Crippen LogP contribution is 2.21. The van der Waals surface area contributed by atoms with E-state index in [1.807, 2.05) is 17.9 Å². The molecule has 1 aromatic carbocycles. The van der Waals surface area contributed by atoms with Gasteiger partial charge in [0.2, 0.25) is 5.76 Å². The lowest BCUT2D eigenvalue weighted by atomic mass is 10.2. The highest BCUT2D eigenvalue weighted by molar-refractivity contribution is 5.87. The summed E-state index contributed by atoms with van der Waals surface area (Å²) in [5.41, 5.74) is 1.47. The first-order valence-corrected chi connectivity index (χ1v) is 6.31. The maximum Gasteiger partial charge on any atom is 0.374 e. The van der Waals surface area contributed by atoms with Crippen LogP contribution >= 0.6 is 0 Å². The van der Waals surface area contributed by atoms with E-state index < -0.39 is 5.97 Å². The van der Waals surface area contributed by atoms with Crippen molar-refractivity contribution in [1.29, 1.82) is 0 Å². The van der Waals surface area contributed by atoms with Crippen molar-refractivity contribution >= 4 is 11.7 Å². The number of methoxy groups -OCH3 is 1. The molecule has 2 rings (SSSR count). The summed E-state index contributed by atoms with van der Waals surface area (Å²) in [4.78, 5) is 13.5. The molecule has 0 aliphatic carbocycles. The number of rotatable bonds is 5. The van der Waals surface area contributed by atoms with Gasteiger partial charge in [-0.15, -0.1) is 0 Å². The van der Waals surface area contributed by atoms with Gasteiger partial charge in [0, 0.05) is 24.3 Å². The van der Waals surface area contributed by atoms with E-state index in [9.17, 15) is 9.18 Å². The predicted octanol–water partition coefficient (Wildman–Crippen LogP) is 3.23. The predicted molar refractivity (Wildman–Crippen MR) is 73.2 cm³/mol. The fourth-order valence-corrected chi connectivity index (χ4v) is 2.00. The van der Waals surface area contributed by atoms with Gasteiger partial charge in [-0.2, -0.15) is 0 Å². The number of carbonyl (C=O) groups is 1. The first kappa shape index (κ1) is 14.1. The fourth-order valence-electron chi connectivity index (χ4n) is 2.00. The summed E-state index contributed by atoms with van der Waals surface area (Å²) < 4.78 is 23.1. The number of halogens is 1. The van der Waals surface area contributed by atoms with Crippen LogP contribution < -0.4 is 4.90 Å². The van der Waals surface area contributed by atoms with Crippen LogP contribution in [0.4, 0.5) is 10.1 Å². The number of esters is 1. The molecular weight excluding hydrogens is 261 g/mol. The number of carbonyl (C=O) groups excluding carboxylic acids is 1. The third kappa shape index (κ3) is 2.99. The Balaban J connectivity index is 2.23. The summed E-state index contributed by atoms with van der Waals surface area (Å²) in [6, 6.07) is 8.05. The van der Waals surface area contributed by atoms with Crippen molar-refractivity contribution in [2.24, 2.45) is 0 Å². The Morgan fingerprint density at radius 3 is 2.85 bits per heavy atom. The molecule has 0 atom stereocenters. The fraction of sp³-hybridized carbons (Fsp3) is 0.267. The van der Waals surface area contributed by atoms with Gasteiger partial charge in [0.05, 0.1) is 13.4 Å². The Hall–Kier alpha value is -2.30. The molecule has 0 radical (unpaired) electrons. The zero-order valence-electron chi connectivity index (χ0n) is 11.4. The van der Waals surface area contributed by atoms with Crippen molar-refractivity contribution < 1.29 is 18.3 Å². The van der Waals surface area contributed by atoms with Crippen LogP contribution in [0.15, 0.2) is 41.0 Å². The summed E-state index contributed by atoms with van der Waals surface area (Å²) in [6.07, 6.45) is 1.45. The molecule has 0 fully saturated rings. The van der Waals surface area contributed by atoms with Crippen LogP contribution in [0.5, 0.6) is 0 Å². The van der Waals surface area contributed by atoms with Crippen molar-refractivity contribution in [1.82, 2.24) is 0 Å². The second-order valence-corrected chi connectivity index (χ2v) is 4.26. The van der Waals surface area contributed by atoms with E-state index in [0.717, 1.165) is 5.69 Å². The van der Waals surface area contributed by atoms with Gasteiger partial charge in [-0.05, 0) is 31.2 Å². The molecular formula is C15H16FNO3. The second kappa shape index (κ2) is 6.23. The number of benzene rings is 1. The molecule has 0 saturated carbocycles. The summed E-state index contributed by atoms with van der Waals surface area (Å²) in [7, 11) is 1.30.